The van der Waals surface area contributed by atoms with Crippen molar-refractivity contribution in [3.05, 3.63) is 206 Å². The minimum Gasteiger partial charge on any atom is -0.0616 e. The molecule has 0 radical (unpaired) electrons. The Balaban J connectivity index is 0.981. The van der Waals surface area contributed by atoms with Crippen molar-refractivity contribution in [1.29, 1.82) is 0 Å². The molecular formula is C56H34. The van der Waals surface area contributed by atoms with Crippen molar-refractivity contribution in [2.75, 3.05) is 0 Å². The molecule has 0 amide bonds. The molecule has 0 N–H and O–H groups in total. The molecule has 0 bridgehead atoms. The van der Waals surface area contributed by atoms with Crippen LogP contribution in [0.25, 0.3) is 120 Å². The predicted octanol–water partition coefficient (Wildman–Crippen LogP) is 15.9. The molecule has 0 heterocycles. The SMILES string of the molecule is c1cc(-c2ccc3ccc4ccccc4c3c2)cc(-c2ccc3ccc4c(-c5cccc(-c6ccc7ccc8ccccc8c7c6)c5)ccc5ccc2c3c54)c1. The van der Waals surface area contributed by atoms with Crippen LogP contribution in [0.4, 0.5) is 0 Å². The molecule has 12 rings (SSSR count). The highest BCUT2D eigenvalue weighted by Gasteiger charge is 2.16. The standard InChI is InChI=1S/C56H34/c1-3-13-47-35(7-1)15-17-37-19-21-43(33-53(37)47)41-9-5-11-45(31-41)49-27-23-39-26-30-52-50(28-24-40-25-29-51(49)55(39)56(40)52)46-12-6-10-42(32-46)44-22-20-38-18-16-36-8-2-4-14-48(36)54(38)34-44/h1-34H. The molecule has 0 aliphatic carbocycles. The summed E-state index contributed by atoms with van der Waals surface area (Å²) in [4.78, 5) is 0. The Kier molecular flexibility index (Phi) is 6.73. The van der Waals surface area contributed by atoms with Crippen LogP contribution in [-0.4, -0.2) is 0 Å². The molecule has 0 aromatic heterocycles. The minimum atomic E-state index is 1.23. The van der Waals surface area contributed by atoms with Crippen LogP contribution >= 0.6 is 0 Å². The van der Waals surface area contributed by atoms with Gasteiger partial charge in [0.15, 0.2) is 0 Å². The van der Waals surface area contributed by atoms with E-state index in [4.69, 9.17) is 0 Å². The molecule has 0 nitrogen and oxygen atoms in total. The van der Waals surface area contributed by atoms with Crippen LogP contribution in [0, 0.1) is 0 Å². The van der Waals surface area contributed by atoms with Crippen molar-refractivity contribution in [2.24, 2.45) is 0 Å². The van der Waals surface area contributed by atoms with E-state index < -0.39 is 0 Å². The average Bonchev–Trinajstić information content (AvgIpc) is 3.27. The van der Waals surface area contributed by atoms with Gasteiger partial charge in [0.2, 0.25) is 0 Å². The summed E-state index contributed by atoms with van der Waals surface area (Å²) in [6, 6.07) is 76.7. The highest BCUT2D eigenvalue weighted by Crippen LogP contribution is 2.43. The Hall–Kier alpha value is -7.28. The molecule has 12 aromatic rings. The van der Waals surface area contributed by atoms with E-state index in [2.05, 4.69) is 206 Å². The van der Waals surface area contributed by atoms with Gasteiger partial charge in [-0.05, 0) is 144 Å². The first-order chi connectivity index (χ1) is 27.7. The van der Waals surface area contributed by atoms with Gasteiger partial charge in [0, 0.05) is 0 Å². The Labute approximate surface area is 324 Å². The maximum Gasteiger partial charge on any atom is -0.00203 e. The van der Waals surface area contributed by atoms with Gasteiger partial charge in [0.1, 0.15) is 0 Å². The van der Waals surface area contributed by atoms with Crippen molar-refractivity contribution in [3.8, 4) is 44.5 Å². The summed E-state index contributed by atoms with van der Waals surface area (Å²) in [5.41, 5.74) is 9.90. The molecule has 0 aliphatic rings. The van der Waals surface area contributed by atoms with Gasteiger partial charge in [-0.25, -0.2) is 0 Å². The number of fused-ring (bicyclic) bond motifs is 6. The summed E-state index contributed by atoms with van der Waals surface area (Å²) < 4.78 is 0. The monoisotopic (exact) mass is 706 g/mol. The maximum absolute atomic E-state index is 2.37. The van der Waals surface area contributed by atoms with Crippen LogP contribution in [0.2, 0.25) is 0 Å². The molecule has 0 saturated heterocycles. The Morgan fingerprint density at radius 1 is 0.179 bits per heavy atom. The van der Waals surface area contributed by atoms with Crippen LogP contribution < -0.4 is 0 Å². The van der Waals surface area contributed by atoms with E-state index in [9.17, 15) is 0 Å². The highest BCUT2D eigenvalue weighted by molar-refractivity contribution is 6.27. The van der Waals surface area contributed by atoms with Crippen LogP contribution in [-0.2, 0) is 0 Å². The lowest BCUT2D eigenvalue weighted by Gasteiger charge is -2.17. The lowest BCUT2D eigenvalue weighted by molar-refractivity contribution is 1.62. The average molecular weight is 707 g/mol. The van der Waals surface area contributed by atoms with Gasteiger partial charge < -0.3 is 0 Å². The zero-order chi connectivity index (χ0) is 36.7. The van der Waals surface area contributed by atoms with E-state index in [0.29, 0.717) is 0 Å². The van der Waals surface area contributed by atoms with E-state index >= 15 is 0 Å². The molecule has 258 valence electrons. The normalized spacial score (nSPS) is 11.9. The van der Waals surface area contributed by atoms with E-state index in [1.165, 1.54) is 120 Å². The first-order valence-corrected chi connectivity index (χ1v) is 19.5. The Bertz CT molecular complexity index is 3290. The lowest BCUT2D eigenvalue weighted by Crippen LogP contribution is -1.90. The number of rotatable bonds is 4. The van der Waals surface area contributed by atoms with Crippen molar-refractivity contribution in [1.82, 2.24) is 0 Å². The van der Waals surface area contributed by atoms with Crippen LogP contribution in [0.1, 0.15) is 0 Å². The van der Waals surface area contributed by atoms with Gasteiger partial charge in [0.05, 0.1) is 0 Å². The fourth-order valence-electron chi connectivity index (χ4n) is 9.40. The quantitative estimate of drug-likeness (QED) is 0.160. The second kappa shape index (κ2) is 12.1. The second-order valence-electron chi connectivity index (χ2n) is 15.3. The highest BCUT2D eigenvalue weighted by atomic mass is 14.2. The van der Waals surface area contributed by atoms with Crippen LogP contribution in [0.3, 0.4) is 0 Å². The van der Waals surface area contributed by atoms with Gasteiger partial charge >= 0.3 is 0 Å². The van der Waals surface area contributed by atoms with Crippen molar-refractivity contribution in [3.63, 3.8) is 0 Å². The summed E-state index contributed by atoms with van der Waals surface area (Å²) in [6.07, 6.45) is 0. The van der Waals surface area contributed by atoms with E-state index in [-0.39, 0.29) is 0 Å². The van der Waals surface area contributed by atoms with Crippen molar-refractivity contribution < 1.29 is 0 Å². The molecule has 0 fully saturated rings. The molecule has 0 unspecified atom stereocenters. The topological polar surface area (TPSA) is 0 Å². The minimum absolute atomic E-state index is 1.23. The first-order valence-electron chi connectivity index (χ1n) is 19.5. The van der Waals surface area contributed by atoms with Crippen molar-refractivity contribution in [2.45, 2.75) is 0 Å². The molecular weight excluding hydrogens is 673 g/mol. The first kappa shape index (κ1) is 31.1. The molecule has 0 saturated carbocycles. The molecule has 0 atom stereocenters. The summed E-state index contributed by atoms with van der Waals surface area (Å²) >= 11 is 0. The van der Waals surface area contributed by atoms with Gasteiger partial charge in [-0.3, -0.25) is 0 Å². The van der Waals surface area contributed by atoms with Crippen molar-refractivity contribution >= 4 is 75.4 Å². The number of hydrogen-bond donors (Lipinski definition) is 0. The van der Waals surface area contributed by atoms with E-state index in [0.717, 1.165) is 0 Å². The number of hydrogen-bond acceptors (Lipinski definition) is 0. The molecule has 0 heteroatoms. The smallest absolute Gasteiger partial charge is 0.00203 e. The molecule has 12 aromatic carbocycles. The van der Waals surface area contributed by atoms with Gasteiger partial charge in [0.25, 0.3) is 0 Å². The molecule has 0 aliphatic heterocycles. The van der Waals surface area contributed by atoms with Gasteiger partial charge in [-0.1, -0.05) is 182 Å². The largest absolute Gasteiger partial charge is 0.0616 e. The Morgan fingerprint density at radius 2 is 0.536 bits per heavy atom. The zero-order valence-corrected chi connectivity index (χ0v) is 30.6. The van der Waals surface area contributed by atoms with E-state index in [1.54, 1.807) is 0 Å². The van der Waals surface area contributed by atoms with Crippen LogP contribution in [0.5, 0.6) is 0 Å². The van der Waals surface area contributed by atoms with E-state index in [1.807, 2.05) is 0 Å². The van der Waals surface area contributed by atoms with Gasteiger partial charge in [-0.2, -0.15) is 0 Å². The lowest BCUT2D eigenvalue weighted by atomic mass is 9.86. The molecule has 0 spiro atoms. The molecule has 56 heavy (non-hydrogen) atoms. The third kappa shape index (κ3) is 4.79. The fraction of sp³-hybridized carbons (Fsp3) is 0. The van der Waals surface area contributed by atoms with Gasteiger partial charge in [-0.15, -0.1) is 0 Å². The summed E-state index contributed by atoms with van der Waals surface area (Å²) in [5.74, 6) is 0. The number of benzene rings is 12. The maximum atomic E-state index is 2.37. The fourth-order valence-corrected chi connectivity index (χ4v) is 9.40. The van der Waals surface area contributed by atoms with Crippen LogP contribution in [0.15, 0.2) is 206 Å². The second-order valence-corrected chi connectivity index (χ2v) is 15.3. The Morgan fingerprint density at radius 3 is 1.02 bits per heavy atom. The summed E-state index contributed by atoms with van der Waals surface area (Å²) in [5, 5.41) is 18.0. The summed E-state index contributed by atoms with van der Waals surface area (Å²) in [7, 11) is 0. The third-order valence-corrected chi connectivity index (χ3v) is 12.2. The third-order valence-electron chi connectivity index (χ3n) is 12.2. The predicted molar refractivity (Wildman–Crippen MR) is 242 cm³/mol. The zero-order valence-electron chi connectivity index (χ0n) is 30.6. The summed E-state index contributed by atoms with van der Waals surface area (Å²) in [6.45, 7) is 0.